The zero-order valence-electron chi connectivity index (χ0n) is 13.1. The van der Waals surface area contributed by atoms with Crippen LogP contribution in [-0.4, -0.2) is 24.2 Å². The highest BCUT2D eigenvalue weighted by molar-refractivity contribution is 7.71. The summed E-state index contributed by atoms with van der Waals surface area (Å²) in [6, 6.07) is 12.8. The van der Waals surface area contributed by atoms with Crippen molar-refractivity contribution in [2.24, 2.45) is 0 Å². The number of hydrogen-bond acceptors (Lipinski definition) is 6. The lowest BCUT2D eigenvalue weighted by atomic mass is 10.2. The summed E-state index contributed by atoms with van der Waals surface area (Å²) in [5.74, 6) is 1.80. The maximum Gasteiger partial charge on any atom is 0.199 e. The zero-order valence-corrected chi connectivity index (χ0v) is 13.9. The molecule has 120 valence electrons. The summed E-state index contributed by atoms with van der Waals surface area (Å²) < 4.78 is 11.0. The fourth-order valence-electron chi connectivity index (χ4n) is 2.34. The first kappa shape index (κ1) is 15.8. The van der Waals surface area contributed by atoms with Gasteiger partial charge >= 0.3 is 0 Å². The van der Waals surface area contributed by atoms with Gasteiger partial charge in [-0.15, -0.1) is 0 Å². The van der Waals surface area contributed by atoms with E-state index in [-0.39, 0.29) is 0 Å². The Bertz CT molecular complexity index is 990. The third kappa shape index (κ3) is 3.00. The summed E-state index contributed by atoms with van der Waals surface area (Å²) in [5.41, 5.74) is 2.18. The van der Waals surface area contributed by atoms with Crippen LogP contribution in [0, 0.1) is 16.1 Å². The topological polar surface area (TPSA) is 83.0 Å². The highest BCUT2D eigenvalue weighted by atomic mass is 32.1. The van der Waals surface area contributed by atoms with Crippen molar-refractivity contribution in [2.75, 3.05) is 19.5 Å². The summed E-state index contributed by atoms with van der Waals surface area (Å²) in [7, 11) is 3.16. The molecule has 6 nitrogen and oxygen atoms in total. The maximum atomic E-state index is 8.88. The summed E-state index contributed by atoms with van der Waals surface area (Å²) in [4.78, 5) is 7.40. The summed E-state index contributed by atoms with van der Waals surface area (Å²) in [5, 5.41) is 12.9. The Morgan fingerprint density at radius 3 is 2.42 bits per heavy atom. The third-order valence-electron chi connectivity index (χ3n) is 3.51. The van der Waals surface area contributed by atoms with E-state index in [1.807, 2.05) is 24.3 Å². The van der Waals surface area contributed by atoms with Crippen molar-refractivity contribution in [1.82, 2.24) is 9.97 Å². The van der Waals surface area contributed by atoms with Crippen LogP contribution in [0.25, 0.3) is 10.9 Å². The van der Waals surface area contributed by atoms with E-state index < -0.39 is 0 Å². The maximum absolute atomic E-state index is 8.88. The second kappa shape index (κ2) is 6.56. The minimum absolute atomic E-state index is 0.353. The van der Waals surface area contributed by atoms with Crippen LogP contribution in [0.3, 0.4) is 0 Å². The number of H-pyrrole nitrogens is 1. The second-order valence-corrected chi connectivity index (χ2v) is 5.34. The number of rotatable bonds is 4. The molecule has 0 amide bonds. The van der Waals surface area contributed by atoms with Crippen LogP contribution in [0.4, 0.5) is 11.5 Å². The number of nitriles is 1. The average molecular weight is 338 g/mol. The highest BCUT2D eigenvalue weighted by Gasteiger charge is 2.11. The van der Waals surface area contributed by atoms with Gasteiger partial charge in [0.15, 0.2) is 16.3 Å². The Morgan fingerprint density at radius 2 is 1.79 bits per heavy atom. The van der Waals surface area contributed by atoms with Gasteiger partial charge in [-0.05, 0) is 42.5 Å². The summed E-state index contributed by atoms with van der Waals surface area (Å²) in [6.45, 7) is 0. The predicted octanol–water partition coefficient (Wildman–Crippen LogP) is 3.92. The number of fused-ring (bicyclic) bond motifs is 1. The number of nitrogens with one attached hydrogen (secondary N) is 2. The molecule has 0 bridgehead atoms. The van der Waals surface area contributed by atoms with Crippen LogP contribution in [0.1, 0.15) is 5.56 Å². The van der Waals surface area contributed by atoms with E-state index in [1.165, 1.54) is 0 Å². The van der Waals surface area contributed by atoms with Crippen molar-refractivity contribution in [2.45, 2.75) is 0 Å². The van der Waals surface area contributed by atoms with E-state index >= 15 is 0 Å². The van der Waals surface area contributed by atoms with Gasteiger partial charge < -0.3 is 19.8 Å². The smallest absolute Gasteiger partial charge is 0.199 e. The molecule has 0 aliphatic carbocycles. The molecule has 0 saturated heterocycles. The molecule has 0 aliphatic rings. The monoisotopic (exact) mass is 338 g/mol. The molecule has 2 aromatic carbocycles. The van der Waals surface area contributed by atoms with Gasteiger partial charge in [-0.25, -0.2) is 4.98 Å². The molecule has 0 unspecified atom stereocenters. The number of benzene rings is 2. The second-order valence-electron chi connectivity index (χ2n) is 4.96. The molecular formula is C17H14N4O2S. The van der Waals surface area contributed by atoms with Gasteiger partial charge in [-0.2, -0.15) is 5.26 Å². The number of hydrogen-bond donors (Lipinski definition) is 2. The van der Waals surface area contributed by atoms with Crippen molar-refractivity contribution in [3.05, 3.63) is 46.7 Å². The standard InChI is InChI=1S/C17H14N4O2S/c1-22-14-7-12-13(8-15(14)23-2)20-17(24)21-16(12)19-11-5-3-10(9-18)4-6-11/h3-8H,1-2H3,(H2,19,20,21,24). The van der Waals surface area contributed by atoms with Crippen molar-refractivity contribution in [3.63, 3.8) is 0 Å². The van der Waals surface area contributed by atoms with Gasteiger partial charge in [0, 0.05) is 17.1 Å². The SMILES string of the molecule is COc1cc2[nH]c(=S)nc(Nc3ccc(C#N)cc3)c2cc1OC. The Morgan fingerprint density at radius 1 is 1.12 bits per heavy atom. The average Bonchev–Trinajstić information content (AvgIpc) is 2.61. The molecule has 0 saturated carbocycles. The largest absolute Gasteiger partial charge is 0.493 e. The molecule has 3 rings (SSSR count). The number of aromatic nitrogens is 2. The highest BCUT2D eigenvalue weighted by Crippen LogP contribution is 2.34. The molecule has 7 heteroatoms. The van der Waals surface area contributed by atoms with E-state index in [4.69, 9.17) is 27.0 Å². The van der Waals surface area contributed by atoms with Crippen molar-refractivity contribution < 1.29 is 9.47 Å². The first-order valence-corrected chi connectivity index (χ1v) is 7.48. The fourth-order valence-corrected chi connectivity index (χ4v) is 2.54. The molecule has 0 fully saturated rings. The normalized spacial score (nSPS) is 10.2. The van der Waals surface area contributed by atoms with Gasteiger partial charge in [0.2, 0.25) is 0 Å². The van der Waals surface area contributed by atoms with Crippen LogP contribution >= 0.6 is 12.2 Å². The van der Waals surface area contributed by atoms with E-state index in [9.17, 15) is 0 Å². The van der Waals surface area contributed by atoms with E-state index in [0.29, 0.717) is 27.7 Å². The van der Waals surface area contributed by atoms with Crippen LogP contribution in [0.5, 0.6) is 11.5 Å². The summed E-state index contributed by atoms with van der Waals surface area (Å²) in [6.07, 6.45) is 0. The molecule has 0 aliphatic heterocycles. The predicted molar refractivity (Wildman–Crippen MR) is 94.5 cm³/mol. The van der Waals surface area contributed by atoms with Crippen LogP contribution in [0.15, 0.2) is 36.4 Å². The molecular weight excluding hydrogens is 324 g/mol. The van der Waals surface area contributed by atoms with Crippen molar-refractivity contribution in [1.29, 1.82) is 5.26 Å². The number of anilines is 2. The van der Waals surface area contributed by atoms with Crippen LogP contribution < -0.4 is 14.8 Å². The Labute approximate surface area is 143 Å². The van der Waals surface area contributed by atoms with Crippen molar-refractivity contribution in [3.8, 4) is 17.6 Å². The van der Waals surface area contributed by atoms with E-state index in [1.54, 1.807) is 26.4 Å². The quantitative estimate of drug-likeness (QED) is 0.702. The fraction of sp³-hybridized carbons (Fsp3) is 0.118. The third-order valence-corrected chi connectivity index (χ3v) is 3.70. The Kier molecular flexibility index (Phi) is 4.31. The van der Waals surface area contributed by atoms with E-state index in [2.05, 4.69) is 21.4 Å². The number of methoxy groups -OCH3 is 2. The summed E-state index contributed by atoms with van der Waals surface area (Å²) >= 11 is 5.20. The van der Waals surface area contributed by atoms with E-state index in [0.717, 1.165) is 16.6 Å². The minimum Gasteiger partial charge on any atom is -0.493 e. The first-order valence-electron chi connectivity index (χ1n) is 7.08. The first-order chi connectivity index (χ1) is 11.6. The molecule has 0 radical (unpaired) electrons. The van der Waals surface area contributed by atoms with Crippen LogP contribution in [0.2, 0.25) is 0 Å². The number of aromatic amines is 1. The minimum atomic E-state index is 0.353. The van der Waals surface area contributed by atoms with Gasteiger partial charge in [0.1, 0.15) is 5.82 Å². The lowest BCUT2D eigenvalue weighted by molar-refractivity contribution is 0.356. The van der Waals surface area contributed by atoms with Crippen LogP contribution in [-0.2, 0) is 0 Å². The number of nitrogens with zero attached hydrogens (tertiary/aromatic N) is 2. The zero-order chi connectivity index (χ0) is 17.1. The van der Waals surface area contributed by atoms with Gasteiger partial charge in [0.05, 0.1) is 31.4 Å². The lowest BCUT2D eigenvalue weighted by Crippen LogP contribution is -1.99. The Balaban J connectivity index is 2.12. The molecule has 3 aromatic rings. The van der Waals surface area contributed by atoms with Gasteiger partial charge in [-0.1, -0.05) is 0 Å². The van der Waals surface area contributed by atoms with Gasteiger partial charge in [-0.3, -0.25) is 0 Å². The molecule has 2 N–H and O–H groups in total. The molecule has 0 spiro atoms. The van der Waals surface area contributed by atoms with Crippen molar-refractivity contribution >= 4 is 34.6 Å². The molecule has 24 heavy (non-hydrogen) atoms. The number of ether oxygens (including phenoxy) is 2. The van der Waals surface area contributed by atoms with Gasteiger partial charge in [0.25, 0.3) is 0 Å². The lowest BCUT2D eigenvalue weighted by Gasteiger charge is -2.12. The molecule has 1 aromatic heterocycles. The molecule has 1 heterocycles. The molecule has 0 atom stereocenters. The Hall–Kier alpha value is -3.11.